The fourth-order valence-electron chi connectivity index (χ4n) is 2.67. The monoisotopic (exact) mass is 301 g/mol. The van der Waals surface area contributed by atoms with E-state index in [-0.39, 0.29) is 17.1 Å². The lowest BCUT2D eigenvalue weighted by Crippen LogP contribution is -2.43. The first kappa shape index (κ1) is 15.3. The molecule has 0 aliphatic carbocycles. The SMILES string of the molecule is C=CCc1ccccc1C(=O)N(CC1(C)CO1)CC1(C)CO1. The molecule has 2 aliphatic heterocycles. The maximum absolute atomic E-state index is 13.0. The van der Waals surface area contributed by atoms with Crippen LogP contribution in [0.15, 0.2) is 36.9 Å². The van der Waals surface area contributed by atoms with Gasteiger partial charge in [-0.05, 0) is 31.9 Å². The molecule has 2 saturated heterocycles. The molecular formula is C18H23NO3. The highest BCUT2D eigenvalue weighted by molar-refractivity contribution is 5.96. The molecule has 0 saturated carbocycles. The molecule has 1 aromatic rings. The van der Waals surface area contributed by atoms with Gasteiger partial charge in [0, 0.05) is 5.56 Å². The summed E-state index contributed by atoms with van der Waals surface area (Å²) in [5.74, 6) is 0.0471. The Kier molecular flexibility index (Phi) is 3.83. The lowest BCUT2D eigenvalue weighted by atomic mass is 10.0. The molecule has 1 amide bonds. The molecule has 1 aromatic carbocycles. The van der Waals surface area contributed by atoms with E-state index in [1.54, 1.807) is 0 Å². The van der Waals surface area contributed by atoms with Gasteiger partial charge in [0.25, 0.3) is 5.91 Å². The molecule has 2 heterocycles. The molecule has 3 rings (SSSR count). The Morgan fingerprint density at radius 2 is 1.77 bits per heavy atom. The van der Waals surface area contributed by atoms with Crippen molar-refractivity contribution in [1.29, 1.82) is 0 Å². The van der Waals surface area contributed by atoms with Gasteiger partial charge in [0.05, 0.1) is 26.3 Å². The van der Waals surface area contributed by atoms with Crippen molar-refractivity contribution >= 4 is 5.91 Å². The van der Waals surface area contributed by atoms with E-state index in [2.05, 4.69) is 6.58 Å². The van der Waals surface area contributed by atoms with E-state index in [1.165, 1.54) is 0 Å². The van der Waals surface area contributed by atoms with E-state index in [0.717, 1.165) is 11.1 Å². The van der Waals surface area contributed by atoms with Gasteiger partial charge in [0.1, 0.15) is 11.2 Å². The number of ether oxygens (including phenoxy) is 2. The van der Waals surface area contributed by atoms with E-state index < -0.39 is 0 Å². The van der Waals surface area contributed by atoms with Gasteiger partial charge in [-0.1, -0.05) is 24.3 Å². The van der Waals surface area contributed by atoms with Gasteiger partial charge in [-0.3, -0.25) is 4.79 Å². The number of hydrogen-bond donors (Lipinski definition) is 0. The normalized spacial score (nSPS) is 29.0. The maximum atomic E-state index is 13.0. The largest absolute Gasteiger partial charge is 0.368 e. The number of epoxide rings is 2. The van der Waals surface area contributed by atoms with Gasteiger partial charge < -0.3 is 14.4 Å². The van der Waals surface area contributed by atoms with Crippen molar-refractivity contribution in [1.82, 2.24) is 4.90 Å². The molecular weight excluding hydrogens is 278 g/mol. The van der Waals surface area contributed by atoms with Crippen LogP contribution in [0, 0.1) is 0 Å². The first-order valence-corrected chi connectivity index (χ1v) is 7.71. The fourth-order valence-corrected chi connectivity index (χ4v) is 2.67. The second-order valence-electron chi connectivity index (χ2n) is 6.79. The zero-order chi connectivity index (χ0) is 15.8. The predicted octanol–water partition coefficient (Wildman–Crippen LogP) is 2.44. The summed E-state index contributed by atoms with van der Waals surface area (Å²) in [6.45, 7) is 10.5. The number of benzene rings is 1. The molecule has 2 unspecified atom stereocenters. The highest BCUT2D eigenvalue weighted by Gasteiger charge is 2.47. The zero-order valence-electron chi connectivity index (χ0n) is 13.3. The minimum Gasteiger partial charge on any atom is -0.368 e. The minimum atomic E-state index is -0.200. The molecule has 4 heteroatoms. The summed E-state index contributed by atoms with van der Waals surface area (Å²) in [4.78, 5) is 14.9. The second-order valence-corrected chi connectivity index (χ2v) is 6.79. The molecule has 0 spiro atoms. The second kappa shape index (κ2) is 5.52. The van der Waals surface area contributed by atoms with Gasteiger partial charge >= 0.3 is 0 Å². The van der Waals surface area contributed by atoms with Crippen molar-refractivity contribution in [2.45, 2.75) is 31.5 Å². The molecule has 2 atom stereocenters. The van der Waals surface area contributed by atoms with E-state index in [1.807, 2.05) is 49.1 Å². The van der Waals surface area contributed by atoms with Crippen LogP contribution < -0.4 is 0 Å². The molecule has 0 bridgehead atoms. The van der Waals surface area contributed by atoms with Crippen LogP contribution in [-0.4, -0.2) is 48.3 Å². The predicted molar refractivity (Wildman–Crippen MR) is 85.0 cm³/mol. The number of rotatable bonds is 7. The van der Waals surface area contributed by atoms with Crippen LogP contribution in [-0.2, 0) is 15.9 Å². The molecule has 2 fully saturated rings. The van der Waals surface area contributed by atoms with Gasteiger partial charge in [-0.25, -0.2) is 0 Å². The highest BCUT2D eigenvalue weighted by Crippen LogP contribution is 2.32. The lowest BCUT2D eigenvalue weighted by Gasteiger charge is -2.27. The maximum Gasteiger partial charge on any atom is 0.254 e. The Labute approximate surface area is 131 Å². The zero-order valence-corrected chi connectivity index (χ0v) is 13.3. The fraction of sp³-hybridized carbons (Fsp3) is 0.500. The number of allylic oxidation sites excluding steroid dienone is 1. The van der Waals surface area contributed by atoms with Crippen LogP contribution in [0.1, 0.15) is 29.8 Å². The quantitative estimate of drug-likeness (QED) is 0.574. The van der Waals surface area contributed by atoms with Crippen molar-refractivity contribution in [3.05, 3.63) is 48.0 Å². The summed E-state index contributed by atoms with van der Waals surface area (Å²) >= 11 is 0. The summed E-state index contributed by atoms with van der Waals surface area (Å²) < 4.78 is 10.9. The third-order valence-electron chi connectivity index (χ3n) is 4.22. The Hall–Kier alpha value is -1.65. The van der Waals surface area contributed by atoms with Crippen LogP contribution in [0.2, 0.25) is 0 Å². The molecule has 2 aliphatic rings. The number of carbonyl (C=O) groups excluding carboxylic acids is 1. The Morgan fingerprint density at radius 1 is 1.23 bits per heavy atom. The van der Waals surface area contributed by atoms with Crippen molar-refractivity contribution < 1.29 is 14.3 Å². The van der Waals surface area contributed by atoms with E-state index in [9.17, 15) is 4.79 Å². The van der Waals surface area contributed by atoms with Crippen LogP contribution in [0.3, 0.4) is 0 Å². The summed E-state index contributed by atoms with van der Waals surface area (Å²) in [5.41, 5.74) is 1.36. The standard InChI is InChI=1S/C18H23NO3/c1-4-7-14-8-5-6-9-15(14)16(20)19(10-17(2)12-21-17)11-18(3)13-22-18/h4-6,8-9H,1,7,10-13H2,2-3H3. The van der Waals surface area contributed by atoms with Crippen LogP contribution in [0.4, 0.5) is 0 Å². The van der Waals surface area contributed by atoms with Gasteiger partial charge in [-0.2, -0.15) is 0 Å². The topological polar surface area (TPSA) is 45.4 Å². The van der Waals surface area contributed by atoms with Crippen LogP contribution in [0.25, 0.3) is 0 Å². The van der Waals surface area contributed by atoms with Crippen LogP contribution >= 0.6 is 0 Å². The average molecular weight is 301 g/mol. The Balaban J connectivity index is 1.83. The van der Waals surface area contributed by atoms with Gasteiger partial charge in [0.15, 0.2) is 0 Å². The summed E-state index contributed by atoms with van der Waals surface area (Å²) in [7, 11) is 0. The Morgan fingerprint density at radius 3 is 2.27 bits per heavy atom. The molecule has 0 radical (unpaired) electrons. The van der Waals surface area contributed by atoms with Crippen molar-refractivity contribution in [3.8, 4) is 0 Å². The van der Waals surface area contributed by atoms with Crippen molar-refractivity contribution in [2.75, 3.05) is 26.3 Å². The molecule has 118 valence electrons. The van der Waals surface area contributed by atoms with E-state index >= 15 is 0 Å². The van der Waals surface area contributed by atoms with E-state index in [0.29, 0.717) is 32.7 Å². The van der Waals surface area contributed by atoms with Gasteiger partial charge in [-0.15, -0.1) is 6.58 Å². The summed E-state index contributed by atoms with van der Waals surface area (Å²) in [6, 6.07) is 7.73. The number of nitrogens with zero attached hydrogens (tertiary/aromatic N) is 1. The lowest BCUT2D eigenvalue weighted by molar-refractivity contribution is 0.0663. The third kappa shape index (κ3) is 3.39. The Bertz CT molecular complexity index is 568. The van der Waals surface area contributed by atoms with E-state index in [4.69, 9.17) is 9.47 Å². The summed E-state index contributed by atoms with van der Waals surface area (Å²) in [6.07, 6.45) is 2.52. The number of carbonyl (C=O) groups is 1. The highest BCUT2D eigenvalue weighted by atomic mass is 16.6. The molecule has 4 nitrogen and oxygen atoms in total. The smallest absolute Gasteiger partial charge is 0.254 e. The van der Waals surface area contributed by atoms with Gasteiger partial charge in [0.2, 0.25) is 0 Å². The van der Waals surface area contributed by atoms with Crippen molar-refractivity contribution in [3.63, 3.8) is 0 Å². The molecule has 0 aromatic heterocycles. The minimum absolute atomic E-state index is 0.0471. The average Bonchev–Trinajstić information content (AvgIpc) is 3.40. The first-order valence-electron chi connectivity index (χ1n) is 7.71. The number of hydrogen-bond acceptors (Lipinski definition) is 3. The first-order chi connectivity index (χ1) is 10.4. The van der Waals surface area contributed by atoms with Crippen molar-refractivity contribution in [2.24, 2.45) is 0 Å². The molecule has 22 heavy (non-hydrogen) atoms. The third-order valence-corrected chi connectivity index (χ3v) is 4.22. The number of amides is 1. The molecule has 0 N–H and O–H groups in total. The van der Waals surface area contributed by atoms with Crippen LogP contribution in [0.5, 0.6) is 0 Å². The summed E-state index contributed by atoms with van der Waals surface area (Å²) in [5, 5.41) is 0.